The summed E-state index contributed by atoms with van der Waals surface area (Å²) in [5, 5.41) is 32.1. The number of aliphatic hydroxyl groups is 3. The first-order valence-electron chi connectivity index (χ1n) is 12.7. The minimum atomic E-state index is -2.61. The van der Waals surface area contributed by atoms with Gasteiger partial charge in [0.15, 0.2) is 0 Å². The summed E-state index contributed by atoms with van der Waals surface area (Å²) in [6, 6.07) is 21.2. The summed E-state index contributed by atoms with van der Waals surface area (Å²) in [7, 11) is -2.61. The average Bonchev–Trinajstić information content (AvgIpc) is 3.26. The van der Waals surface area contributed by atoms with E-state index in [1.54, 1.807) is 0 Å². The van der Waals surface area contributed by atoms with Crippen molar-refractivity contribution in [1.29, 1.82) is 0 Å². The Bertz CT molecular complexity index is 894. The van der Waals surface area contributed by atoms with E-state index in [-0.39, 0.29) is 30.5 Å². The highest BCUT2D eigenvalue weighted by Gasteiger charge is 2.54. The Morgan fingerprint density at radius 2 is 1.60 bits per heavy atom. The van der Waals surface area contributed by atoms with Crippen LogP contribution in [0, 0.1) is 0 Å². The van der Waals surface area contributed by atoms with Crippen molar-refractivity contribution < 1.29 is 29.2 Å². The van der Waals surface area contributed by atoms with Crippen LogP contribution in [0.25, 0.3) is 0 Å². The predicted molar refractivity (Wildman–Crippen MR) is 138 cm³/mol. The maximum absolute atomic E-state index is 10.2. The third kappa shape index (κ3) is 5.14. The summed E-state index contributed by atoms with van der Waals surface area (Å²) in [5.41, 5.74) is -0.832. The topological polar surface area (TPSA) is 88.4 Å². The standard InChI is InChI=1S/C28H40O6Si/c1-27(2,3)35(22-10-6-4-7-11-22,23-12-8-5-9-13-23)32-17-16-21-14-15-26-28(20-30,34-21)18-25(33-26)24(31)19-29/h4-13,21,24-26,29-31H,14-20H2,1-3H3/t21?,24-,25?,26?,28?/m1/s1. The van der Waals surface area contributed by atoms with Crippen LogP contribution in [-0.2, 0) is 13.9 Å². The van der Waals surface area contributed by atoms with Crippen molar-refractivity contribution in [2.24, 2.45) is 0 Å². The maximum Gasteiger partial charge on any atom is 0.261 e. The lowest BCUT2D eigenvalue weighted by Gasteiger charge is -2.44. The van der Waals surface area contributed by atoms with Crippen molar-refractivity contribution >= 4 is 18.7 Å². The number of benzene rings is 2. The predicted octanol–water partition coefficient (Wildman–Crippen LogP) is 2.37. The van der Waals surface area contributed by atoms with Crippen LogP contribution in [0.3, 0.4) is 0 Å². The van der Waals surface area contributed by atoms with Gasteiger partial charge in [-0.15, -0.1) is 0 Å². The smallest absolute Gasteiger partial charge is 0.261 e. The summed E-state index contributed by atoms with van der Waals surface area (Å²) in [4.78, 5) is 0. The molecule has 6 nitrogen and oxygen atoms in total. The number of hydrogen-bond acceptors (Lipinski definition) is 6. The van der Waals surface area contributed by atoms with Crippen LogP contribution in [0.1, 0.15) is 46.5 Å². The quantitative estimate of drug-likeness (QED) is 0.458. The van der Waals surface area contributed by atoms with E-state index in [2.05, 4.69) is 69.3 Å². The molecule has 0 amide bonds. The fourth-order valence-corrected chi connectivity index (χ4v) is 10.5. The van der Waals surface area contributed by atoms with Gasteiger partial charge in [-0.1, -0.05) is 81.4 Å². The second kappa shape index (κ2) is 10.8. The zero-order valence-electron chi connectivity index (χ0n) is 21.1. The van der Waals surface area contributed by atoms with Gasteiger partial charge in [0.25, 0.3) is 8.32 Å². The molecule has 2 saturated heterocycles. The molecule has 2 aromatic rings. The van der Waals surface area contributed by atoms with Gasteiger partial charge in [0.1, 0.15) is 11.7 Å². The Labute approximate surface area is 210 Å². The van der Waals surface area contributed by atoms with E-state index in [9.17, 15) is 15.3 Å². The van der Waals surface area contributed by atoms with Gasteiger partial charge >= 0.3 is 0 Å². The van der Waals surface area contributed by atoms with Crippen LogP contribution in [0.2, 0.25) is 5.04 Å². The molecule has 2 fully saturated rings. The summed E-state index contributed by atoms with van der Waals surface area (Å²) >= 11 is 0. The summed E-state index contributed by atoms with van der Waals surface area (Å²) in [5.74, 6) is 0. The van der Waals surface area contributed by atoms with Crippen molar-refractivity contribution in [2.75, 3.05) is 19.8 Å². The van der Waals surface area contributed by atoms with Crippen molar-refractivity contribution in [3.05, 3.63) is 60.7 Å². The van der Waals surface area contributed by atoms with E-state index in [1.807, 2.05) is 12.1 Å². The average molecular weight is 501 g/mol. The minimum absolute atomic E-state index is 0.0646. The molecule has 2 aliphatic rings. The SMILES string of the molecule is CC(C)(C)[Si](OCCC1CCC2OC([C@H](O)CO)CC2(CO)O1)(c1ccccc1)c1ccccc1. The van der Waals surface area contributed by atoms with Gasteiger partial charge in [-0.3, -0.25) is 0 Å². The van der Waals surface area contributed by atoms with Gasteiger partial charge < -0.3 is 29.2 Å². The normalized spacial score (nSPS) is 28.0. The third-order valence-electron chi connectivity index (χ3n) is 7.68. The van der Waals surface area contributed by atoms with Crippen molar-refractivity contribution in [3.63, 3.8) is 0 Å². The van der Waals surface area contributed by atoms with Crippen LogP contribution in [-0.4, -0.2) is 73.5 Å². The molecule has 2 heterocycles. The highest BCUT2D eigenvalue weighted by Crippen LogP contribution is 2.43. The highest BCUT2D eigenvalue weighted by atomic mass is 28.4. The van der Waals surface area contributed by atoms with Crippen LogP contribution < -0.4 is 10.4 Å². The van der Waals surface area contributed by atoms with Gasteiger partial charge in [-0.05, 0) is 34.7 Å². The van der Waals surface area contributed by atoms with Gasteiger partial charge in [0, 0.05) is 13.0 Å². The van der Waals surface area contributed by atoms with Gasteiger partial charge in [-0.2, -0.15) is 0 Å². The molecule has 7 heteroatoms. The van der Waals surface area contributed by atoms with E-state index < -0.39 is 26.1 Å². The number of ether oxygens (including phenoxy) is 2. The first-order chi connectivity index (χ1) is 16.8. The molecule has 0 aliphatic carbocycles. The molecule has 2 aromatic carbocycles. The molecule has 0 bridgehead atoms. The summed E-state index contributed by atoms with van der Waals surface area (Å²) in [6.07, 6.45) is 0.817. The fraction of sp³-hybridized carbons (Fsp3) is 0.571. The Morgan fingerprint density at radius 3 is 2.11 bits per heavy atom. The Balaban J connectivity index is 1.52. The van der Waals surface area contributed by atoms with Crippen LogP contribution >= 0.6 is 0 Å². The van der Waals surface area contributed by atoms with E-state index in [0.717, 1.165) is 12.8 Å². The first kappa shape index (κ1) is 26.5. The second-order valence-corrected chi connectivity index (χ2v) is 15.3. The van der Waals surface area contributed by atoms with E-state index >= 15 is 0 Å². The van der Waals surface area contributed by atoms with E-state index in [4.69, 9.17) is 13.9 Å². The molecule has 0 radical (unpaired) electrons. The van der Waals surface area contributed by atoms with Gasteiger partial charge in [0.05, 0.1) is 31.5 Å². The molecule has 3 N–H and O–H groups in total. The van der Waals surface area contributed by atoms with Gasteiger partial charge in [-0.25, -0.2) is 0 Å². The fourth-order valence-electron chi connectivity index (χ4n) is 5.89. The number of hydrogen-bond donors (Lipinski definition) is 3. The maximum atomic E-state index is 10.2. The van der Waals surface area contributed by atoms with Gasteiger partial charge in [0.2, 0.25) is 0 Å². The largest absolute Gasteiger partial charge is 0.407 e. The molecule has 4 unspecified atom stereocenters. The molecule has 0 saturated carbocycles. The van der Waals surface area contributed by atoms with Crippen LogP contribution in [0.5, 0.6) is 0 Å². The lowest BCUT2D eigenvalue weighted by Crippen LogP contribution is -2.66. The molecular weight excluding hydrogens is 460 g/mol. The third-order valence-corrected chi connectivity index (χ3v) is 12.7. The summed E-state index contributed by atoms with van der Waals surface area (Å²) in [6.45, 7) is 6.82. The minimum Gasteiger partial charge on any atom is -0.407 e. The molecule has 192 valence electrons. The second-order valence-electron chi connectivity index (χ2n) is 11.0. The molecule has 2 aliphatic heterocycles. The number of rotatable bonds is 9. The van der Waals surface area contributed by atoms with Crippen LogP contribution in [0.4, 0.5) is 0 Å². The monoisotopic (exact) mass is 500 g/mol. The number of aliphatic hydroxyl groups excluding tert-OH is 3. The highest BCUT2D eigenvalue weighted by molar-refractivity contribution is 6.99. The first-order valence-corrected chi connectivity index (χ1v) is 14.6. The Kier molecular flexibility index (Phi) is 8.17. The Morgan fingerprint density at radius 1 is 1.00 bits per heavy atom. The van der Waals surface area contributed by atoms with E-state index in [1.165, 1.54) is 10.4 Å². The molecule has 0 aromatic heterocycles. The molecule has 4 rings (SSSR count). The van der Waals surface area contributed by atoms with Crippen LogP contribution in [0.15, 0.2) is 60.7 Å². The lowest BCUT2D eigenvalue weighted by molar-refractivity contribution is -0.186. The molecule has 0 spiro atoms. The molecule has 35 heavy (non-hydrogen) atoms. The summed E-state index contributed by atoms with van der Waals surface area (Å²) < 4.78 is 19.4. The van der Waals surface area contributed by atoms with Crippen molar-refractivity contribution in [3.8, 4) is 0 Å². The Hall–Kier alpha value is -1.58. The lowest BCUT2D eigenvalue weighted by atomic mass is 9.86. The van der Waals surface area contributed by atoms with Crippen molar-refractivity contribution in [1.82, 2.24) is 0 Å². The number of fused-ring (bicyclic) bond motifs is 1. The van der Waals surface area contributed by atoms with E-state index in [0.29, 0.717) is 19.4 Å². The zero-order chi connectivity index (χ0) is 25.1. The zero-order valence-corrected chi connectivity index (χ0v) is 22.1. The molecule has 5 atom stereocenters. The molecular formula is C28H40O6Si. The van der Waals surface area contributed by atoms with Crippen molar-refractivity contribution in [2.45, 2.75) is 81.5 Å².